The van der Waals surface area contributed by atoms with E-state index in [1.54, 1.807) is 7.11 Å². The van der Waals surface area contributed by atoms with Gasteiger partial charge in [0, 0.05) is 12.7 Å². The Morgan fingerprint density at radius 2 is 2.33 bits per heavy atom. The Hall–Kier alpha value is -1.75. The average molecular weight is 247 g/mol. The Morgan fingerprint density at radius 3 is 3.00 bits per heavy atom. The van der Waals surface area contributed by atoms with Gasteiger partial charge in [-0.3, -0.25) is 0 Å². The molecule has 1 aliphatic rings. The van der Waals surface area contributed by atoms with Crippen molar-refractivity contribution in [2.45, 2.75) is 18.9 Å². The number of benzene rings is 1. The van der Waals surface area contributed by atoms with Gasteiger partial charge in [0.25, 0.3) is 0 Å². The number of nitrogens with two attached hydrogens (primary N) is 1. The Kier molecular flexibility index (Phi) is 2.45. The second-order valence-electron chi connectivity index (χ2n) is 4.96. The molecule has 1 atom stereocenters. The lowest BCUT2D eigenvalue weighted by Gasteiger charge is -2.25. The maximum Gasteiger partial charge on any atom is 0.201 e. The van der Waals surface area contributed by atoms with Gasteiger partial charge in [0.2, 0.25) is 5.95 Å². The molecule has 1 saturated heterocycles. The normalized spacial score (nSPS) is 23.7. The largest absolute Gasteiger partial charge is 0.497 e. The second kappa shape index (κ2) is 3.88. The van der Waals surface area contributed by atoms with Gasteiger partial charge in [-0.1, -0.05) is 0 Å². The zero-order valence-electron chi connectivity index (χ0n) is 10.6. The van der Waals surface area contributed by atoms with Gasteiger partial charge >= 0.3 is 0 Å². The summed E-state index contributed by atoms with van der Waals surface area (Å²) in [6, 6.07) is 5.83. The van der Waals surface area contributed by atoms with Crippen LogP contribution in [0, 0.1) is 0 Å². The third kappa shape index (κ3) is 1.54. The fraction of sp³-hybridized carbons (Fsp3) is 0.462. The van der Waals surface area contributed by atoms with Crippen LogP contribution in [0.3, 0.4) is 0 Å². The fourth-order valence-electron chi connectivity index (χ4n) is 2.61. The minimum atomic E-state index is -0.104. The van der Waals surface area contributed by atoms with E-state index in [0.29, 0.717) is 12.6 Å². The van der Waals surface area contributed by atoms with Crippen LogP contribution in [0.4, 0.5) is 5.95 Å². The predicted molar refractivity (Wildman–Crippen MR) is 69.8 cm³/mol. The summed E-state index contributed by atoms with van der Waals surface area (Å²) in [7, 11) is 1.65. The standard InChI is InChI=1S/C13H17N3O2/c1-13(5-6-18-8-13)16-11-4-3-9(17-2)7-10(11)15-12(16)14/h3-4,7H,5-6,8H2,1-2H3,(H2,14,15). The first-order chi connectivity index (χ1) is 8.64. The van der Waals surface area contributed by atoms with Crippen molar-refractivity contribution in [3.8, 4) is 5.75 Å². The first-order valence-corrected chi connectivity index (χ1v) is 6.04. The summed E-state index contributed by atoms with van der Waals surface area (Å²) in [4.78, 5) is 4.42. The zero-order valence-corrected chi connectivity index (χ0v) is 10.6. The summed E-state index contributed by atoms with van der Waals surface area (Å²) in [5, 5.41) is 0. The Balaban J connectivity index is 2.20. The Labute approximate surface area is 106 Å². The van der Waals surface area contributed by atoms with E-state index in [0.717, 1.165) is 29.8 Å². The van der Waals surface area contributed by atoms with Crippen LogP contribution in [0.5, 0.6) is 5.75 Å². The molecule has 0 aliphatic carbocycles. The highest BCUT2D eigenvalue weighted by molar-refractivity contribution is 5.80. The molecule has 5 heteroatoms. The summed E-state index contributed by atoms with van der Waals surface area (Å²) < 4.78 is 12.8. The van der Waals surface area contributed by atoms with Crippen LogP contribution >= 0.6 is 0 Å². The van der Waals surface area contributed by atoms with Crippen molar-refractivity contribution in [2.75, 3.05) is 26.1 Å². The number of imidazole rings is 1. The molecule has 1 aromatic heterocycles. The molecular weight excluding hydrogens is 230 g/mol. The number of nitrogens with zero attached hydrogens (tertiary/aromatic N) is 2. The van der Waals surface area contributed by atoms with E-state index in [1.165, 1.54) is 0 Å². The number of fused-ring (bicyclic) bond motifs is 1. The highest BCUT2D eigenvalue weighted by Gasteiger charge is 2.34. The van der Waals surface area contributed by atoms with Gasteiger partial charge in [0.1, 0.15) is 5.75 Å². The van der Waals surface area contributed by atoms with E-state index < -0.39 is 0 Å². The molecule has 1 unspecified atom stereocenters. The number of methoxy groups -OCH3 is 1. The molecule has 18 heavy (non-hydrogen) atoms. The minimum absolute atomic E-state index is 0.104. The van der Waals surface area contributed by atoms with Crippen LogP contribution < -0.4 is 10.5 Å². The SMILES string of the molecule is COc1ccc2c(c1)nc(N)n2C1(C)CCOC1. The van der Waals surface area contributed by atoms with Crippen LogP contribution in [-0.2, 0) is 10.3 Å². The van der Waals surface area contributed by atoms with E-state index >= 15 is 0 Å². The first-order valence-electron chi connectivity index (χ1n) is 6.04. The summed E-state index contributed by atoms with van der Waals surface area (Å²) in [5.74, 6) is 1.33. The highest BCUT2D eigenvalue weighted by Crippen LogP contribution is 2.34. The summed E-state index contributed by atoms with van der Waals surface area (Å²) >= 11 is 0. The first kappa shape index (κ1) is 11.3. The molecule has 2 heterocycles. The lowest BCUT2D eigenvalue weighted by atomic mass is 10.0. The van der Waals surface area contributed by atoms with E-state index in [9.17, 15) is 0 Å². The van der Waals surface area contributed by atoms with Crippen molar-refractivity contribution in [2.24, 2.45) is 0 Å². The van der Waals surface area contributed by atoms with Crippen LogP contribution in [-0.4, -0.2) is 29.9 Å². The zero-order chi connectivity index (χ0) is 12.8. The van der Waals surface area contributed by atoms with Gasteiger partial charge in [-0.05, 0) is 25.5 Å². The molecule has 3 rings (SSSR count). The molecule has 1 fully saturated rings. The van der Waals surface area contributed by atoms with Crippen LogP contribution in [0.2, 0.25) is 0 Å². The molecule has 1 aromatic carbocycles. The van der Waals surface area contributed by atoms with Crippen molar-refractivity contribution in [1.82, 2.24) is 9.55 Å². The Morgan fingerprint density at radius 1 is 1.50 bits per heavy atom. The Bertz CT molecular complexity index is 585. The van der Waals surface area contributed by atoms with Gasteiger partial charge in [0.05, 0.1) is 30.3 Å². The maximum absolute atomic E-state index is 6.07. The molecule has 0 amide bonds. The van der Waals surface area contributed by atoms with Crippen LogP contribution in [0.1, 0.15) is 13.3 Å². The lowest BCUT2D eigenvalue weighted by Crippen LogP contribution is -2.31. The summed E-state index contributed by atoms with van der Waals surface area (Å²) in [5.41, 5.74) is 7.85. The van der Waals surface area contributed by atoms with Crippen molar-refractivity contribution in [1.29, 1.82) is 0 Å². The number of hydrogen-bond acceptors (Lipinski definition) is 4. The third-order valence-corrected chi connectivity index (χ3v) is 3.63. The molecular formula is C13H17N3O2. The number of anilines is 1. The van der Waals surface area contributed by atoms with Crippen molar-refractivity contribution in [3.05, 3.63) is 18.2 Å². The third-order valence-electron chi connectivity index (χ3n) is 3.63. The average Bonchev–Trinajstić information content (AvgIpc) is 2.91. The van der Waals surface area contributed by atoms with E-state index in [1.807, 2.05) is 18.2 Å². The highest BCUT2D eigenvalue weighted by atomic mass is 16.5. The summed E-state index contributed by atoms with van der Waals surface area (Å²) in [6.45, 7) is 3.60. The van der Waals surface area contributed by atoms with E-state index in [4.69, 9.17) is 15.2 Å². The quantitative estimate of drug-likeness (QED) is 0.878. The molecule has 5 nitrogen and oxygen atoms in total. The molecule has 0 radical (unpaired) electrons. The molecule has 2 aromatic rings. The molecule has 0 bridgehead atoms. The van der Waals surface area contributed by atoms with Gasteiger partial charge in [-0.2, -0.15) is 0 Å². The van der Waals surface area contributed by atoms with Gasteiger partial charge in [-0.25, -0.2) is 4.98 Å². The monoisotopic (exact) mass is 247 g/mol. The van der Waals surface area contributed by atoms with Crippen LogP contribution in [0.15, 0.2) is 18.2 Å². The maximum atomic E-state index is 6.07. The molecule has 1 aliphatic heterocycles. The van der Waals surface area contributed by atoms with E-state index in [2.05, 4.69) is 16.5 Å². The smallest absolute Gasteiger partial charge is 0.201 e. The van der Waals surface area contributed by atoms with Gasteiger partial charge in [-0.15, -0.1) is 0 Å². The topological polar surface area (TPSA) is 62.3 Å². The minimum Gasteiger partial charge on any atom is -0.497 e. The lowest BCUT2D eigenvalue weighted by molar-refractivity contribution is 0.164. The predicted octanol–water partition coefficient (Wildman–Crippen LogP) is 1.76. The number of nitrogen functional groups attached to an aromatic ring is 1. The van der Waals surface area contributed by atoms with Crippen molar-refractivity contribution < 1.29 is 9.47 Å². The molecule has 2 N–H and O–H groups in total. The number of ether oxygens (including phenoxy) is 2. The summed E-state index contributed by atoms with van der Waals surface area (Å²) in [6.07, 6.45) is 0.953. The van der Waals surface area contributed by atoms with Crippen molar-refractivity contribution in [3.63, 3.8) is 0 Å². The fourth-order valence-corrected chi connectivity index (χ4v) is 2.61. The van der Waals surface area contributed by atoms with Crippen molar-refractivity contribution >= 4 is 17.0 Å². The number of rotatable bonds is 2. The molecule has 0 saturated carbocycles. The van der Waals surface area contributed by atoms with Gasteiger partial charge in [0.15, 0.2) is 0 Å². The van der Waals surface area contributed by atoms with E-state index in [-0.39, 0.29) is 5.54 Å². The van der Waals surface area contributed by atoms with Crippen LogP contribution in [0.25, 0.3) is 11.0 Å². The number of aromatic nitrogens is 2. The van der Waals surface area contributed by atoms with Gasteiger partial charge < -0.3 is 19.8 Å². The molecule has 96 valence electrons. The number of hydrogen-bond donors (Lipinski definition) is 1. The molecule has 0 spiro atoms. The second-order valence-corrected chi connectivity index (χ2v) is 4.96.